The zero-order valence-corrected chi connectivity index (χ0v) is 13.1. The number of rotatable bonds is 3. The van der Waals surface area contributed by atoms with E-state index < -0.39 is 0 Å². The van der Waals surface area contributed by atoms with Crippen molar-refractivity contribution in [3.63, 3.8) is 0 Å². The van der Waals surface area contributed by atoms with E-state index in [2.05, 4.69) is 22.0 Å². The van der Waals surface area contributed by atoms with Crippen molar-refractivity contribution in [2.24, 2.45) is 0 Å². The molecule has 0 amide bonds. The number of nitriles is 1. The summed E-state index contributed by atoms with van der Waals surface area (Å²) in [6, 6.07) is 11.4. The number of allylic oxidation sites excluding steroid dienone is 1. The first-order chi connectivity index (χ1) is 9.17. The second kappa shape index (κ2) is 6.25. The number of nitrogens with zero attached hydrogens (tertiary/aromatic N) is 1. The Kier molecular flexibility index (Phi) is 4.65. The molecule has 1 aromatic carbocycles. The summed E-state index contributed by atoms with van der Waals surface area (Å²) >= 11 is 11.3. The topological polar surface area (TPSA) is 33.0 Å². The molecule has 0 atom stereocenters. The van der Waals surface area contributed by atoms with Gasteiger partial charge in [-0.3, -0.25) is 0 Å². The minimum atomic E-state index is 0.413. The molecular formula is C14H9BrClNOS. The van der Waals surface area contributed by atoms with E-state index in [9.17, 15) is 5.26 Å². The monoisotopic (exact) mass is 353 g/mol. The van der Waals surface area contributed by atoms with Crippen molar-refractivity contribution >= 4 is 49.5 Å². The first-order valence-electron chi connectivity index (χ1n) is 5.35. The standard InChI is InChI=1S/C14H9BrClNOS/c1-18-9-4-5-12(15)10(7-9)14(16)11(8-17)13-3-2-6-19-13/h2-7H,1H3/b14-11-. The average Bonchev–Trinajstić information content (AvgIpc) is 2.94. The summed E-state index contributed by atoms with van der Waals surface area (Å²) < 4.78 is 6.00. The minimum absolute atomic E-state index is 0.413. The van der Waals surface area contributed by atoms with Gasteiger partial charge in [0.25, 0.3) is 0 Å². The van der Waals surface area contributed by atoms with Crippen LogP contribution in [0.15, 0.2) is 40.2 Å². The van der Waals surface area contributed by atoms with Gasteiger partial charge in [-0.1, -0.05) is 33.6 Å². The van der Waals surface area contributed by atoms with E-state index in [1.54, 1.807) is 13.2 Å². The van der Waals surface area contributed by atoms with Crippen molar-refractivity contribution in [3.05, 3.63) is 50.6 Å². The fourth-order valence-electron chi connectivity index (χ4n) is 1.57. The molecule has 0 N–H and O–H groups in total. The number of hydrogen-bond donors (Lipinski definition) is 0. The lowest BCUT2D eigenvalue weighted by atomic mass is 10.1. The van der Waals surface area contributed by atoms with Gasteiger partial charge in [-0.2, -0.15) is 5.26 Å². The van der Waals surface area contributed by atoms with Gasteiger partial charge in [-0.15, -0.1) is 11.3 Å². The van der Waals surface area contributed by atoms with Crippen LogP contribution in [-0.2, 0) is 0 Å². The largest absolute Gasteiger partial charge is 0.497 e. The maximum atomic E-state index is 9.31. The molecule has 0 unspecified atom stereocenters. The number of ether oxygens (including phenoxy) is 1. The smallest absolute Gasteiger partial charge is 0.119 e. The fourth-order valence-corrected chi connectivity index (χ4v) is 3.21. The molecular weight excluding hydrogens is 346 g/mol. The first kappa shape index (κ1) is 14.1. The van der Waals surface area contributed by atoms with Crippen molar-refractivity contribution in [3.8, 4) is 11.8 Å². The molecule has 0 fully saturated rings. The SMILES string of the molecule is COc1ccc(Br)c(/C(Cl)=C(\C#N)c2cccs2)c1. The van der Waals surface area contributed by atoms with Crippen LogP contribution in [0.2, 0.25) is 0 Å². The minimum Gasteiger partial charge on any atom is -0.497 e. The lowest BCUT2D eigenvalue weighted by Gasteiger charge is -2.08. The van der Waals surface area contributed by atoms with E-state index in [0.717, 1.165) is 14.9 Å². The number of thiophene rings is 1. The van der Waals surface area contributed by atoms with Crippen molar-refractivity contribution in [2.75, 3.05) is 7.11 Å². The maximum Gasteiger partial charge on any atom is 0.119 e. The summed E-state index contributed by atoms with van der Waals surface area (Å²) in [4.78, 5) is 0.849. The summed E-state index contributed by atoms with van der Waals surface area (Å²) in [6.45, 7) is 0. The normalized spacial score (nSPS) is 11.7. The molecule has 0 bridgehead atoms. The van der Waals surface area contributed by atoms with Gasteiger partial charge in [0.1, 0.15) is 11.8 Å². The van der Waals surface area contributed by atoms with Crippen LogP contribution in [0, 0.1) is 11.3 Å². The Balaban J connectivity index is 2.59. The van der Waals surface area contributed by atoms with Crippen LogP contribution in [-0.4, -0.2) is 7.11 Å². The molecule has 0 aliphatic rings. The van der Waals surface area contributed by atoms with Gasteiger partial charge in [0.2, 0.25) is 0 Å². The predicted octanol–water partition coefficient (Wildman–Crippen LogP) is 5.15. The number of halogens is 2. The Bertz CT molecular complexity index is 659. The molecule has 2 nitrogen and oxygen atoms in total. The quantitative estimate of drug-likeness (QED) is 0.714. The number of methoxy groups -OCH3 is 1. The highest BCUT2D eigenvalue weighted by atomic mass is 79.9. The van der Waals surface area contributed by atoms with Crippen LogP contribution in [0.3, 0.4) is 0 Å². The number of benzene rings is 1. The van der Waals surface area contributed by atoms with Crippen molar-refractivity contribution in [1.82, 2.24) is 0 Å². The molecule has 0 saturated heterocycles. The summed E-state index contributed by atoms with van der Waals surface area (Å²) in [5.74, 6) is 0.694. The van der Waals surface area contributed by atoms with Crippen LogP contribution < -0.4 is 4.74 Å². The zero-order valence-electron chi connectivity index (χ0n) is 9.98. The third kappa shape index (κ3) is 3.01. The van der Waals surface area contributed by atoms with Crippen molar-refractivity contribution < 1.29 is 4.74 Å². The molecule has 0 radical (unpaired) electrons. The van der Waals surface area contributed by atoms with Crippen LogP contribution in [0.5, 0.6) is 5.75 Å². The molecule has 0 aliphatic carbocycles. The Morgan fingerprint density at radius 2 is 2.21 bits per heavy atom. The Morgan fingerprint density at radius 3 is 2.79 bits per heavy atom. The van der Waals surface area contributed by atoms with Gasteiger partial charge >= 0.3 is 0 Å². The maximum absolute atomic E-state index is 9.31. The molecule has 1 aromatic heterocycles. The highest BCUT2D eigenvalue weighted by Gasteiger charge is 2.13. The van der Waals surface area contributed by atoms with E-state index in [4.69, 9.17) is 16.3 Å². The van der Waals surface area contributed by atoms with Gasteiger partial charge in [-0.25, -0.2) is 0 Å². The van der Waals surface area contributed by atoms with Crippen LogP contribution in [0.1, 0.15) is 10.4 Å². The number of hydrogen-bond acceptors (Lipinski definition) is 3. The first-order valence-corrected chi connectivity index (χ1v) is 7.40. The van der Waals surface area contributed by atoms with Gasteiger partial charge in [0.05, 0.1) is 17.7 Å². The fraction of sp³-hybridized carbons (Fsp3) is 0.0714. The zero-order chi connectivity index (χ0) is 13.8. The van der Waals surface area contributed by atoms with E-state index in [-0.39, 0.29) is 0 Å². The van der Waals surface area contributed by atoms with Crippen LogP contribution >= 0.6 is 38.9 Å². The molecule has 1 heterocycles. The molecule has 96 valence electrons. The van der Waals surface area contributed by atoms with Crippen LogP contribution in [0.25, 0.3) is 10.6 Å². The van der Waals surface area contributed by atoms with E-state index in [1.165, 1.54) is 11.3 Å². The molecule has 0 aliphatic heterocycles. The Morgan fingerprint density at radius 1 is 1.42 bits per heavy atom. The summed E-state index contributed by atoms with van der Waals surface area (Å²) in [5.41, 5.74) is 1.21. The van der Waals surface area contributed by atoms with E-state index in [1.807, 2.05) is 29.6 Å². The van der Waals surface area contributed by atoms with Gasteiger partial charge in [0, 0.05) is 14.9 Å². The van der Waals surface area contributed by atoms with Gasteiger partial charge < -0.3 is 4.74 Å². The lowest BCUT2D eigenvalue weighted by molar-refractivity contribution is 0.414. The Labute approximate surface area is 129 Å². The lowest BCUT2D eigenvalue weighted by Crippen LogP contribution is -1.88. The Hall–Kier alpha value is -1.28. The van der Waals surface area contributed by atoms with Crippen LogP contribution in [0.4, 0.5) is 0 Å². The second-order valence-electron chi connectivity index (χ2n) is 3.62. The van der Waals surface area contributed by atoms with Gasteiger partial charge in [0.15, 0.2) is 0 Å². The molecule has 0 spiro atoms. The van der Waals surface area contributed by atoms with E-state index in [0.29, 0.717) is 16.4 Å². The molecule has 19 heavy (non-hydrogen) atoms. The summed E-state index contributed by atoms with van der Waals surface area (Å²) in [6.07, 6.45) is 0. The third-order valence-electron chi connectivity index (χ3n) is 2.51. The second-order valence-corrected chi connectivity index (χ2v) is 5.80. The van der Waals surface area contributed by atoms with E-state index >= 15 is 0 Å². The average molecular weight is 355 g/mol. The summed E-state index contributed by atoms with van der Waals surface area (Å²) in [5, 5.41) is 11.6. The van der Waals surface area contributed by atoms with Crippen molar-refractivity contribution in [1.29, 1.82) is 5.26 Å². The molecule has 2 aromatic rings. The summed E-state index contributed by atoms with van der Waals surface area (Å²) in [7, 11) is 1.59. The molecule has 0 saturated carbocycles. The van der Waals surface area contributed by atoms with Gasteiger partial charge in [-0.05, 0) is 29.6 Å². The third-order valence-corrected chi connectivity index (χ3v) is 4.48. The highest BCUT2D eigenvalue weighted by Crippen LogP contribution is 2.36. The highest BCUT2D eigenvalue weighted by molar-refractivity contribution is 9.10. The molecule has 5 heteroatoms. The van der Waals surface area contributed by atoms with Crippen molar-refractivity contribution in [2.45, 2.75) is 0 Å². The predicted molar refractivity (Wildman–Crippen MR) is 83.3 cm³/mol. The molecule has 2 rings (SSSR count).